The van der Waals surface area contributed by atoms with Crippen LogP contribution in [0.15, 0.2) is 24.3 Å². The second-order valence-electron chi connectivity index (χ2n) is 2.96. The fourth-order valence-electron chi connectivity index (χ4n) is 0.845. The molecular formula is C9H10N2O4. The number of esters is 1. The standard InChI is InChI=1S/C9H10N2O4/c1-6(10)9(12)15-8-4-2-7(3-5-8)11(13)14/h2-6H,10H2,1H3. The van der Waals surface area contributed by atoms with Crippen LogP contribution in [0, 0.1) is 10.1 Å². The number of rotatable bonds is 3. The first-order valence-corrected chi connectivity index (χ1v) is 4.22. The van der Waals surface area contributed by atoms with E-state index in [2.05, 4.69) is 0 Å². The van der Waals surface area contributed by atoms with Gasteiger partial charge in [0, 0.05) is 12.1 Å². The summed E-state index contributed by atoms with van der Waals surface area (Å²) in [6, 6.07) is 4.48. The smallest absolute Gasteiger partial charge is 0.328 e. The summed E-state index contributed by atoms with van der Waals surface area (Å²) in [6.45, 7) is 1.49. The maximum Gasteiger partial charge on any atom is 0.328 e. The Kier molecular flexibility index (Phi) is 3.35. The zero-order valence-electron chi connectivity index (χ0n) is 8.04. The Labute approximate surface area is 85.8 Å². The monoisotopic (exact) mass is 210 g/mol. The van der Waals surface area contributed by atoms with Gasteiger partial charge < -0.3 is 10.5 Å². The number of benzene rings is 1. The van der Waals surface area contributed by atoms with E-state index in [1.807, 2.05) is 0 Å². The Morgan fingerprint density at radius 2 is 2.00 bits per heavy atom. The van der Waals surface area contributed by atoms with Crippen molar-refractivity contribution in [1.82, 2.24) is 0 Å². The van der Waals surface area contributed by atoms with E-state index >= 15 is 0 Å². The van der Waals surface area contributed by atoms with Crippen molar-refractivity contribution in [2.24, 2.45) is 5.73 Å². The summed E-state index contributed by atoms with van der Waals surface area (Å²) in [5.41, 5.74) is 5.22. The Bertz CT molecular complexity index is 372. The lowest BCUT2D eigenvalue weighted by Crippen LogP contribution is -2.30. The number of hydrogen-bond acceptors (Lipinski definition) is 5. The first-order chi connectivity index (χ1) is 7.00. The normalized spacial score (nSPS) is 11.9. The minimum absolute atomic E-state index is 0.0596. The molecule has 1 aromatic rings. The molecule has 1 atom stereocenters. The van der Waals surface area contributed by atoms with E-state index in [1.54, 1.807) is 0 Å². The summed E-state index contributed by atoms with van der Waals surface area (Å²) in [4.78, 5) is 20.8. The van der Waals surface area contributed by atoms with E-state index in [4.69, 9.17) is 10.5 Å². The van der Waals surface area contributed by atoms with E-state index in [0.717, 1.165) is 0 Å². The summed E-state index contributed by atoms with van der Waals surface area (Å²) in [7, 11) is 0. The number of non-ortho nitro benzene ring substituents is 1. The van der Waals surface area contributed by atoms with Crippen LogP contribution in [0.3, 0.4) is 0 Å². The molecule has 0 heterocycles. The van der Waals surface area contributed by atoms with Crippen LogP contribution in [0.5, 0.6) is 5.75 Å². The number of carbonyl (C=O) groups is 1. The molecule has 0 aliphatic heterocycles. The minimum Gasteiger partial charge on any atom is -0.425 e. The van der Waals surface area contributed by atoms with Gasteiger partial charge in [0.2, 0.25) is 0 Å². The Balaban J connectivity index is 2.73. The fourth-order valence-corrected chi connectivity index (χ4v) is 0.845. The molecule has 0 radical (unpaired) electrons. The fraction of sp³-hybridized carbons (Fsp3) is 0.222. The van der Waals surface area contributed by atoms with Crippen molar-refractivity contribution < 1.29 is 14.5 Å². The zero-order valence-corrected chi connectivity index (χ0v) is 8.04. The first-order valence-electron chi connectivity index (χ1n) is 4.22. The van der Waals surface area contributed by atoms with Crippen molar-refractivity contribution >= 4 is 11.7 Å². The number of ether oxygens (including phenoxy) is 1. The second kappa shape index (κ2) is 4.52. The maximum absolute atomic E-state index is 11.0. The van der Waals surface area contributed by atoms with Gasteiger partial charge in [-0.2, -0.15) is 0 Å². The number of nitro groups is 1. The summed E-state index contributed by atoms with van der Waals surface area (Å²) < 4.78 is 4.82. The maximum atomic E-state index is 11.0. The van der Waals surface area contributed by atoms with Crippen LogP contribution >= 0.6 is 0 Å². The molecule has 80 valence electrons. The third-order valence-electron chi connectivity index (χ3n) is 1.64. The molecule has 0 bridgehead atoms. The molecule has 0 saturated carbocycles. The summed E-state index contributed by atoms with van der Waals surface area (Å²) in [5.74, 6) is -0.341. The van der Waals surface area contributed by atoms with E-state index in [1.165, 1.54) is 31.2 Å². The van der Waals surface area contributed by atoms with Crippen LogP contribution in [-0.2, 0) is 4.79 Å². The highest BCUT2D eigenvalue weighted by molar-refractivity contribution is 5.77. The molecular weight excluding hydrogens is 200 g/mol. The van der Waals surface area contributed by atoms with Gasteiger partial charge in [-0.15, -0.1) is 0 Å². The lowest BCUT2D eigenvalue weighted by atomic mass is 10.3. The summed E-state index contributed by atoms with van der Waals surface area (Å²) in [5, 5.41) is 10.3. The predicted octanol–water partition coefficient (Wildman–Crippen LogP) is 0.847. The van der Waals surface area contributed by atoms with Gasteiger partial charge in [-0.25, -0.2) is 4.79 Å². The highest BCUT2D eigenvalue weighted by atomic mass is 16.6. The van der Waals surface area contributed by atoms with Crippen molar-refractivity contribution in [3.8, 4) is 5.75 Å². The SMILES string of the molecule is CC(N)C(=O)Oc1ccc([N+](=O)[O-])cc1. The topological polar surface area (TPSA) is 95.5 Å². The van der Waals surface area contributed by atoms with E-state index in [0.29, 0.717) is 0 Å². The van der Waals surface area contributed by atoms with Crippen LogP contribution in [0.2, 0.25) is 0 Å². The third kappa shape index (κ3) is 3.03. The number of nitro benzene ring substituents is 1. The van der Waals surface area contributed by atoms with Gasteiger partial charge in [-0.1, -0.05) is 0 Å². The molecule has 6 nitrogen and oxygen atoms in total. The van der Waals surface area contributed by atoms with E-state index < -0.39 is 16.9 Å². The lowest BCUT2D eigenvalue weighted by Gasteiger charge is -2.05. The molecule has 1 unspecified atom stereocenters. The zero-order chi connectivity index (χ0) is 11.4. The number of nitrogens with two attached hydrogens (primary N) is 1. The van der Waals surface area contributed by atoms with Crippen LogP contribution < -0.4 is 10.5 Å². The molecule has 0 fully saturated rings. The Morgan fingerprint density at radius 3 is 2.40 bits per heavy atom. The van der Waals surface area contributed by atoms with Crippen molar-refractivity contribution in [3.05, 3.63) is 34.4 Å². The van der Waals surface area contributed by atoms with Crippen LogP contribution in [-0.4, -0.2) is 16.9 Å². The molecule has 2 N–H and O–H groups in total. The predicted molar refractivity (Wildman–Crippen MR) is 52.4 cm³/mol. The number of nitrogens with zero attached hydrogens (tertiary/aromatic N) is 1. The number of hydrogen-bond donors (Lipinski definition) is 1. The average molecular weight is 210 g/mol. The van der Waals surface area contributed by atoms with Crippen molar-refractivity contribution in [3.63, 3.8) is 0 Å². The molecule has 0 aromatic heterocycles. The summed E-state index contributed by atoms with van der Waals surface area (Å²) in [6.07, 6.45) is 0. The lowest BCUT2D eigenvalue weighted by molar-refractivity contribution is -0.384. The van der Waals surface area contributed by atoms with Gasteiger partial charge in [0.05, 0.1) is 4.92 Å². The van der Waals surface area contributed by atoms with Gasteiger partial charge >= 0.3 is 5.97 Å². The first kappa shape index (κ1) is 11.1. The van der Waals surface area contributed by atoms with Crippen molar-refractivity contribution in [1.29, 1.82) is 0 Å². The Morgan fingerprint density at radius 1 is 1.47 bits per heavy atom. The highest BCUT2D eigenvalue weighted by Gasteiger charge is 2.11. The largest absolute Gasteiger partial charge is 0.425 e. The molecule has 15 heavy (non-hydrogen) atoms. The van der Waals surface area contributed by atoms with Gasteiger partial charge in [0.25, 0.3) is 5.69 Å². The van der Waals surface area contributed by atoms with Gasteiger partial charge in [-0.3, -0.25) is 10.1 Å². The van der Waals surface area contributed by atoms with Crippen molar-refractivity contribution in [2.75, 3.05) is 0 Å². The molecule has 0 aliphatic carbocycles. The van der Waals surface area contributed by atoms with Crippen molar-refractivity contribution in [2.45, 2.75) is 13.0 Å². The second-order valence-corrected chi connectivity index (χ2v) is 2.96. The van der Waals surface area contributed by atoms with Crippen LogP contribution in [0.4, 0.5) is 5.69 Å². The molecule has 0 spiro atoms. The van der Waals surface area contributed by atoms with E-state index in [9.17, 15) is 14.9 Å². The molecule has 0 saturated heterocycles. The summed E-state index contributed by atoms with van der Waals surface area (Å²) >= 11 is 0. The van der Waals surface area contributed by atoms with Gasteiger partial charge in [0.1, 0.15) is 11.8 Å². The van der Waals surface area contributed by atoms with Crippen LogP contribution in [0.25, 0.3) is 0 Å². The Hall–Kier alpha value is -1.95. The van der Waals surface area contributed by atoms with Gasteiger partial charge in [0.15, 0.2) is 0 Å². The number of carbonyl (C=O) groups excluding carboxylic acids is 1. The molecule has 0 amide bonds. The van der Waals surface area contributed by atoms with E-state index in [-0.39, 0.29) is 11.4 Å². The van der Waals surface area contributed by atoms with Gasteiger partial charge in [-0.05, 0) is 19.1 Å². The highest BCUT2D eigenvalue weighted by Crippen LogP contribution is 2.17. The molecule has 1 aromatic carbocycles. The molecule has 1 rings (SSSR count). The quantitative estimate of drug-likeness (QED) is 0.345. The third-order valence-corrected chi connectivity index (χ3v) is 1.64. The van der Waals surface area contributed by atoms with Crippen LogP contribution in [0.1, 0.15) is 6.92 Å². The molecule has 0 aliphatic rings. The average Bonchev–Trinajstić information content (AvgIpc) is 2.18. The minimum atomic E-state index is -0.722. The molecule has 6 heteroatoms.